The molecule has 0 aromatic heterocycles. The van der Waals surface area contributed by atoms with Gasteiger partial charge in [-0.15, -0.1) is 0 Å². The lowest BCUT2D eigenvalue weighted by Crippen LogP contribution is -1.79. The first-order chi connectivity index (χ1) is 1.73. The predicted molar refractivity (Wildman–Crippen MR) is 18.0 cm³/mol. The van der Waals surface area contributed by atoms with Crippen molar-refractivity contribution in [1.82, 2.24) is 0 Å². The summed E-state index contributed by atoms with van der Waals surface area (Å²) >= 11 is 4.60. The lowest BCUT2D eigenvalue weighted by molar-refractivity contribution is 0.582. The first kappa shape index (κ1) is 4.37. The van der Waals surface area contributed by atoms with Crippen molar-refractivity contribution in [3.8, 4) is 0 Å². The average Bonchev–Trinajstić information content (AvgIpc) is 0.811. The molecule has 0 bridgehead atoms. The van der Waals surface area contributed by atoms with E-state index >= 15 is 0 Å². The van der Waals surface area contributed by atoms with Crippen LogP contribution in [-0.2, 0) is 4.46 Å². The fourth-order valence-corrected chi connectivity index (χ4v) is 0. The molecule has 0 saturated heterocycles. The Bertz CT molecular complexity index is 31.0. The third-order valence-corrected chi connectivity index (χ3v) is 0. The summed E-state index contributed by atoms with van der Waals surface area (Å²) in [6, 6.07) is 0. The highest BCUT2D eigenvalue weighted by molar-refractivity contribution is 7.23. The Labute approximate surface area is 31.7 Å². The van der Waals surface area contributed by atoms with Crippen LogP contribution in [0.4, 0.5) is 0 Å². The van der Waals surface area contributed by atoms with Gasteiger partial charge in [0.25, 0.3) is 0 Å². The first-order valence-electron chi connectivity index (χ1n) is 0.682. The van der Waals surface area contributed by atoms with Gasteiger partial charge in [-0.3, -0.25) is 0 Å². The molecule has 0 rings (SSSR count). The summed E-state index contributed by atoms with van der Waals surface area (Å²) < 4.78 is 9.17. The molecular formula is BClOSi. The summed E-state index contributed by atoms with van der Waals surface area (Å²) in [6.07, 6.45) is 0. The predicted octanol–water partition coefficient (Wildman–Crippen LogP) is -0.191. The van der Waals surface area contributed by atoms with E-state index in [1.807, 2.05) is 0 Å². The molecule has 0 heterocycles. The quantitative estimate of drug-likeness (QED) is 0.298. The lowest BCUT2D eigenvalue weighted by atomic mass is 10.8. The summed E-state index contributed by atoms with van der Waals surface area (Å²) in [6.45, 7) is 0. The largest absolute Gasteiger partial charge is 0.380 e. The van der Waals surface area contributed by atoms with Crippen molar-refractivity contribution in [2.75, 3.05) is 0 Å². The Morgan fingerprint density at radius 1 is 2.00 bits per heavy atom. The lowest BCUT2D eigenvalue weighted by Gasteiger charge is -1.47. The van der Waals surface area contributed by atoms with E-state index in [2.05, 4.69) is 18.5 Å². The van der Waals surface area contributed by atoms with Gasteiger partial charge in [0, 0.05) is 0 Å². The van der Waals surface area contributed by atoms with Crippen molar-refractivity contribution >= 4 is 26.4 Å². The van der Waals surface area contributed by atoms with E-state index in [1.165, 1.54) is 0 Å². The zero-order chi connectivity index (χ0) is 3.58. The maximum atomic E-state index is 9.17. The molecule has 0 aliphatic carbocycles. The van der Waals surface area contributed by atoms with Gasteiger partial charge >= 0.3 is 7.86 Å². The van der Waals surface area contributed by atoms with Crippen LogP contribution < -0.4 is 0 Å². The maximum Gasteiger partial charge on any atom is 0.316 e. The molecule has 0 unspecified atom stereocenters. The van der Waals surface area contributed by atoms with E-state index in [-0.39, 0.29) is 0 Å². The van der Waals surface area contributed by atoms with Crippen molar-refractivity contribution in [2.45, 2.75) is 0 Å². The minimum absolute atomic E-state index is 2.16. The average molecular weight is 90.3 g/mol. The van der Waals surface area contributed by atoms with E-state index in [4.69, 9.17) is 0 Å². The summed E-state index contributed by atoms with van der Waals surface area (Å²) in [5.41, 5.74) is 0. The van der Waals surface area contributed by atoms with E-state index in [9.17, 15) is 4.46 Å². The molecule has 0 aromatic carbocycles. The normalized spacial score (nSPS) is 6.25. The first-order valence-corrected chi connectivity index (χ1v) is 3.18. The smallest absolute Gasteiger partial charge is 0.316 e. The van der Waals surface area contributed by atoms with Gasteiger partial charge in [0.1, 0.15) is 0 Å². The molecule has 0 fully saturated rings. The maximum absolute atomic E-state index is 9.17. The van der Waals surface area contributed by atoms with Crippen LogP contribution in [0.3, 0.4) is 0 Å². The van der Waals surface area contributed by atoms with E-state index in [0.717, 1.165) is 0 Å². The zero-order valence-electron chi connectivity index (χ0n) is 1.86. The third-order valence-electron chi connectivity index (χ3n) is 0. The zero-order valence-corrected chi connectivity index (χ0v) is 3.62. The summed E-state index contributed by atoms with van der Waals surface area (Å²) in [4.78, 5) is 0. The van der Waals surface area contributed by atoms with Gasteiger partial charge in [0.15, 0.2) is 7.44 Å². The van der Waals surface area contributed by atoms with Crippen LogP contribution in [0.15, 0.2) is 0 Å². The molecule has 2 radical (unpaired) electrons. The van der Waals surface area contributed by atoms with Crippen LogP contribution in [0.1, 0.15) is 0 Å². The van der Waals surface area contributed by atoms with Gasteiger partial charge in [0.2, 0.25) is 0 Å². The molecule has 1 nitrogen and oxygen atoms in total. The minimum Gasteiger partial charge on any atom is -0.380 e. The molecule has 0 spiro atoms. The Morgan fingerprint density at radius 2 is 2.00 bits per heavy atom. The van der Waals surface area contributed by atoms with Gasteiger partial charge < -0.3 is 4.46 Å². The van der Waals surface area contributed by atoms with Crippen molar-refractivity contribution in [1.29, 1.82) is 0 Å². The Morgan fingerprint density at radius 3 is 2.00 bits per heavy atom. The van der Waals surface area contributed by atoms with Gasteiger partial charge in [-0.25, -0.2) is 0 Å². The SMILES string of the molecule is [B][Si](=O)Cl. The number of hydrogen-bond acceptors (Lipinski definition) is 1. The number of rotatable bonds is 0. The third kappa shape index (κ3) is 32.3. The highest BCUT2D eigenvalue weighted by atomic mass is 35.6. The van der Waals surface area contributed by atoms with Crippen LogP contribution >= 0.6 is 11.1 Å². The fraction of sp³-hybridized carbons (Fsp3) is 0. The van der Waals surface area contributed by atoms with Gasteiger partial charge in [-0.05, 0) is 0 Å². The fourth-order valence-electron chi connectivity index (χ4n) is 0. The van der Waals surface area contributed by atoms with E-state index in [1.54, 1.807) is 0 Å². The Kier molecular flexibility index (Phi) is 1.82. The van der Waals surface area contributed by atoms with Crippen LogP contribution in [0.2, 0.25) is 0 Å². The Hall–Kier alpha value is 0.372. The van der Waals surface area contributed by atoms with E-state index < -0.39 is 7.86 Å². The Balaban J connectivity index is 2.80. The van der Waals surface area contributed by atoms with Crippen molar-refractivity contribution in [3.63, 3.8) is 0 Å². The topological polar surface area (TPSA) is 17.1 Å². The van der Waals surface area contributed by atoms with Crippen LogP contribution in [0.25, 0.3) is 0 Å². The highest BCUT2D eigenvalue weighted by Crippen LogP contribution is 1.57. The molecule has 0 aromatic rings. The molecule has 0 saturated carbocycles. The molecule has 4 heteroatoms. The number of halogens is 1. The van der Waals surface area contributed by atoms with Gasteiger partial charge in [-0.1, -0.05) is 11.1 Å². The molecular weight excluding hydrogens is 90.3 g/mol. The summed E-state index contributed by atoms with van der Waals surface area (Å²) in [5, 5.41) is 0. The van der Waals surface area contributed by atoms with E-state index in [0.29, 0.717) is 0 Å². The standard InChI is InChI=1S/BClOSi/c1-4(2)3. The molecule has 0 atom stereocenters. The number of hydrogen-bond donors (Lipinski definition) is 0. The summed E-state index contributed by atoms with van der Waals surface area (Å²) in [7, 11) is 2.27. The van der Waals surface area contributed by atoms with Crippen molar-refractivity contribution in [3.05, 3.63) is 0 Å². The second-order valence-electron chi connectivity index (χ2n) is 0.304. The van der Waals surface area contributed by atoms with Crippen LogP contribution in [-0.4, -0.2) is 15.3 Å². The van der Waals surface area contributed by atoms with Crippen molar-refractivity contribution < 1.29 is 4.46 Å². The molecule has 20 valence electrons. The second kappa shape index (κ2) is 1.67. The highest BCUT2D eigenvalue weighted by Gasteiger charge is 1.74. The molecule has 0 aliphatic heterocycles. The second-order valence-corrected chi connectivity index (χ2v) is 2.03. The van der Waals surface area contributed by atoms with Gasteiger partial charge in [0.05, 0.1) is 0 Å². The molecule has 0 aliphatic rings. The monoisotopic (exact) mass is 89.9 g/mol. The molecule has 0 amide bonds. The molecule has 0 N–H and O–H groups in total. The minimum atomic E-state index is -2.16. The van der Waals surface area contributed by atoms with Crippen LogP contribution in [0, 0.1) is 0 Å². The molecule has 4 heavy (non-hydrogen) atoms. The van der Waals surface area contributed by atoms with Gasteiger partial charge in [-0.2, -0.15) is 0 Å². The summed E-state index contributed by atoms with van der Waals surface area (Å²) in [5.74, 6) is 0. The van der Waals surface area contributed by atoms with Crippen LogP contribution in [0.5, 0.6) is 0 Å². The van der Waals surface area contributed by atoms with Crippen molar-refractivity contribution in [2.24, 2.45) is 0 Å².